The van der Waals surface area contributed by atoms with Crippen LogP contribution in [0.1, 0.15) is 11.1 Å². The molecule has 128 valence electrons. The zero-order valence-electron chi connectivity index (χ0n) is 13.7. The zero-order chi connectivity index (χ0) is 17.5. The molecule has 5 nitrogen and oxygen atoms in total. The van der Waals surface area contributed by atoms with Crippen molar-refractivity contribution in [3.63, 3.8) is 0 Å². The summed E-state index contributed by atoms with van der Waals surface area (Å²) in [6.07, 6.45) is -0.876. The predicted octanol–water partition coefficient (Wildman–Crippen LogP) is 3.00. The van der Waals surface area contributed by atoms with Gasteiger partial charge in [0.25, 0.3) is 0 Å². The lowest BCUT2D eigenvalue weighted by Crippen LogP contribution is -2.37. The number of ether oxygens (including phenoxy) is 1. The highest BCUT2D eigenvalue weighted by Gasteiger charge is 2.10. The number of nitrogens with one attached hydrogen (secondary N) is 2. The van der Waals surface area contributed by atoms with E-state index in [0.29, 0.717) is 5.75 Å². The number of carbonyl (C=O) groups is 1. The average molecular weight is 332 g/mol. The molecule has 2 aromatic rings. The highest BCUT2D eigenvalue weighted by molar-refractivity contribution is 5.90. The van der Waals surface area contributed by atoms with Crippen LogP contribution in [0.4, 0.5) is 14.9 Å². The van der Waals surface area contributed by atoms with Crippen molar-refractivity contribution >= 4 is 11.7 Å². The molecule has 3 N–H and O–H groups in total. The van der Waals surface area contributed by atoms with Crippen LogP contribution in [-0.4, -0.2) is 30.4 Å². The maximum Gasteiger partial charge on any atom is 0.319 e. The van der Waals surface area contributed by atoms with Crippen molar-refractivity contribution in [3.05, 3.63) is 59.4 Å². The number of amides is 2. The minimum absolute atomic E-state index is 0.00466. The van der Waals surface area contributed by atoms with Crippen LogP contribution in [-0.2, 0) is 0 Å². The average Bonchev–Trinajstić information content (AvgIpc) is 2.56. The Balaban J connectivity index is 1.76. The SMILES string of the molecule is Cc1cccc(C)c1NC(=O)NCC(O)COc1ccc(F)cc1. The number of benzene rings is 2. The second-order valence-electron chi connectivity index (χ2n) is 5.52. The summed E-state index contributed by atoms with van der Waals surface area (Å²) in [6.45, 7) is 3.86. The van der Waals surface area contributed by atoms with Crippen LogP contribution in [0.5, 0.6) is 5.75 Å². The van der Waals surface area contributed by atoms with E-state index in [-0.39, 0.29) is 19.0 Å². The van der Waals surface area contributed by atoms with E-state index >= 15 is 0 Å². The largest absolute Gasteiger partial charge is 0.491 e. The van der Waals surface area contributed by atoms with Gasteiger partial charge >= 0.3 is 6.03 Å². The molecule has 0 aliphatic carbocycles. The summed E-state index contributed by atoms with van der Waals surface area (Å²) >= 11 is 0. The standard InChI is InChI=1S/C18H21FN2O3/c1-12-4-3-5-13(2)17(12)21-18(23)20-10-15(22)11-24-16-8-6-14(19)7-9-16/h3-9,15,22H,10-11H2,1-2H3,(H2,20,21,23). The summed E-state index contributed by atoms with van der Waals surface area (Å²) in [4.78, 5) is 11.9. The van der Waals surface area contributed by atoms with Gasteiger partial charge in [0.05, 0.1) is 0 Å². The second-order valence-corrected chi connectivity index (χ2v) is 5.52. The lowest BCUT2D eigenvalue weighted by atomic mass is 10.1. The number of carbonyl (C=O) groups excluding carboxylic acids is 1. The smallest absolute Gasteiger partial charge is 0.319 e. The highest BCUT2D eigenvalue weighted by Crippen LogP contribution is 2.19. The highest BCUT2D eigenvalue weighted by atomic mass is 19.1. The van der Waals surface area contributed by atoms with Gasteiger partial charge in [0.1, 0.15) is 24.3 Å². The molecule has 0 aliphatic heterocycles. The van der Waals surface area contributed by atoms with Gasteiger partial charge in [-0.2, -0.15) is 0 Å². The first-order valence-corrected chi connectivity index (χ1v) is 7.63. The maximum atomic E-state index is 12.8. The van der Waals surface area contributed by atoms with Gasteiger partial charge in [-0.1, -0.05) is 18.2 Å². The summed E-state index contributed by atoms with van der Waals surface area (Å²) in [5, 5.41) is 15.2. The number of aryl methyl sites for hydroxylation is 2. The molecular weight excluding hydrogens is 311 g/mol. The number of hydrogen-bond acceptors (Lipinski definition) is 3. The molecule has 0 saturated carbocycles. The zero-order valence-corrected chi connectivity index (χ0v) is 13.7. The molecule has 0 heterocycles. The molecule has 2 amide bonds. The third kappa shape index (κ3) is 5.24. The molecule has 0 spiro atoms. The number of rotatable bonds is 6. The minimum atomic E-state index is -0.876. The minimum Gasteiger partial charge on any atom is -0.491 e. The number of urea groups is 1. The Morgan fingerprint density at radius 3 is 2.42 bits per heavy atom. The van der Waals surface area contributed by atoms with Crippen molar-refractivity contribution in [3.8, 4) is 5.75 Å². The molecule has 2 aromatic carbocycles. The number of hydrogen-bond donors (Lipinski definition) is 3. The van der Waals surface area contributed by atoms with Gasteiger partial charge in [0.2, 0.25) is 0 Å². The van der Waals surface area contributed by atoms with E-state index in [9.17, 15) is 14.3 Å². The first-order valence-electron chi connectivity index (χ1n) is 7.63. The Kier molecular flexibility index (Phi) is 6.14. The van der Waals surface area contributed by atoms with Crippen LogP contribution in [0.2, 0.25) is 0 Å². The molecule has 6 heteroatoms. The fraction of sp³-hybridized carbons (Fsp3) is 0.278. The summed E-state index contributed by atoms with van der Waals surface area (Å²) in [7, 11) is 0. The van der Waals surface area contributed by atoms with E-state index in [4.69, 9.17) is 4.74 Å². The topological polar surface area (TPSA) is 70.6 Å². The van der Waals surface area contributed by atoms with Gasteiger partial charge in [-0.3, -0.25) is 0 Å². The Hall–Kier alpha value is -2.60. The third-order valence-corrected chi connectivity index (χ3v) is 3.47. The van der Waals surface area contributed by atoms with Gasteiger partial charge in [-0.15, -0.1) is 0 Å². The molecule has 0 saturated heterocycles. The first-order chi connectivity index (χ1) is 11.5. The van der Waals surface area contributed by atoms with Crippen LogP contribution in [0.15, 0.2) is 42.5 Å². The van der Waals surface area contributed by atoms with E-state index in [2.05, 4.69) is 10.6 Å². The first kappa shape index (κ1) is 17.7. The van der Waals surface area contributed by atoms with Gasteiger partial charge in [0, 0.05) is 12.2 Å². The number of aliphatic hydroxyl groups is 1. The van der Waals surface area contributed by atoms with E-state index in [1.165, 1.54) is 24.3 Å². The van der Waals surface area contributed by atoms with Crippen molar-refractivity contribution in [2.75, 3.05) is 18.5 Å². The molecule has 0 radical (unpaired) electrons. The number of para-hydroxylation sites is 1. The Morgan fingerprint density at radius 1 is 1.17 bits per heavy atom. The van der Waals surface area contributed by atoms with Crippen molar-refractivity contribution < 1.29 is 19.0 Å². The Bertz CT molecular complexity index is 669. The molecule has 0 aliphatic rings. The molecule has 2 rings (SSSR count). The fourth-order valence-corrected chi connectivity index (χ4v) is 2.16. The van der Waals surface area contributed by atoms with E-state index in [0.717, 1.165) is 16.8 Å². The van der Waals surface area contributed by atoms with Gasteiger partial charge < -0.3 is 20.5 Å². The maximum absolute atomic E-state index is 12.8. The van der Waals surface area contributed by atoms with Crippen LogP contribution >= 0.6 is 0 Å². The van der Waals surface area contributed by atoms with Crippen LogP contribution in [0, 0.1) is 19.7 Å². The molecule has 0 bridgehead atoms. The Labute approximate surface area is 140 Å². The molecular formula is C18H21FN2O3. The predicted molar refractivity (Wildman–Crippen MR) is 90.8 cm³/mol. The summed E-state index contributed by atoms with van der Waals surface area (Å²) in [5.74, 6) is 0.100. The summed E-state index contributed by atoms with van der Waals surface area (Å²) in [6, 6.07) is 10.8. The quantitative estimate of drug-likeness (QED) is 0.761. The normalized spacial score (nSPS) is 11.7. The third-order valence-electron chi connectivity index (χ3n) is 3.47. The lowest BCUT2D eigenvalue weighted by molar-refractivity contribution is 0.108. The van der Waals surface area contributed by atoms with E-state index in [1.807, 2.05) is 32.0 Å². The lowest BCUT2D eigenvalue weighted by Gasteiger charge is -2.15. The van der Waals surface area contributed by atoms with Crippen LogP contribution < -0.4 is 15.4 Å². The molecule has 24 heavy (non-hydrogen) atoms. The van der Waals surface area contributed by atoms with E-state index in [1.54, 1.807) is 0 Å². The van der Waals surface area contributed by atoms with Gasteiger partial charge in [0.15, 0.2) is 0 Å². The second kappa shape index (κ2) is 8.31. The molecule has 0 aromatic heterocycles. The van der Waals surface area contributed by atoms with Crippen molar-refractivity contribution in [2.24, 2.45) is 0 Å². The van der Waals surface area contributed by atoms with Crippen LogP contribution in [0.25, 0.3) is 0 Å². The summed E-state index contributed by atoms with van der Waals surface area (Å²) in [5.41, 5.74) is 2.68. The van der Waals surface area contributed by atoms with Crippen molar-refractivity contribution in [1.29, 1.82) is 0 Å². The van der Waals surface area contributed by atoms with Crippen LogP contribution in [0.3, 0.4) is 0 Å². The fourth-order valence-electron chi connectivity index (χ4n) is 2.16. The monoisotopic (exact) mass is 332 g/mol. The van der Waals surface area contributed by atoms with Gasteiger partial charge in [-0.05, 0) is 49.2 Å². The van der Waals surface area contributed by atoms with Gasteiger partial charge in [-0.25, -0.2) is 9.18 Å². The summed E-state index contributed by atoms with van der Waals surface area (Å²) < 4.78 is 18.1. The molecule has 0 fully saturated rings. The van der Waals surface area contributed by atoms with E-state index < -0.39 is 12.1 Å². The Morgan fingerprint density at radius 2 is 1.79 bits per heavy atom. The number of halogens is 1. The number of aliphatic hydroxyl groups excluding tert-OH is 1. The molecule has 1 atom stereocenters. The van der Waals surface area contributed by atoms with Crippen molar-refractivity contribution in [1.82, 2.24) is 5.32 Å². The number of anilines is 1. The molecule has 1 unspecified atom stereocenters. The van der Waals surface area contributed by atoms with Crippen molar-refractivity contribution in [2.45, 2.75) is 20.0 Å².